The molecule has 0 aromatic rings. The number of likely N-dealkylation sites (N-methyl/N-ethyl adjacent to an activating group) is 1. The molecule has 18 heavy (non-hydrogen) atoms. The molecule has 0 N–H and O–H groups in total. The third-order valence-corrected chi connectivity index (χ3v) is 5.15. The van der Waals surface area contributed by atoms with E-state index in [0.717, 1.165) is 19.3 Å². The Morgan fingerprint density at radius 3 is 2.61 bits per heavy atom. The van der Waals surface area contributed by atoms with Gasteiger partial charge in [-0.05, 0) is 33.2 Å². The van der Waals surface area contributed by atoms with E-state index < -0.39 is 9.84 Å². The van der Waals surface area contributed by atoms with Crippen molar-refractivity contribution in [2.45, 2.75) is 43.9 Å². The number of carbonyl (C=O) groups is 1. The van der Waals surface area contributed by atoms with Gasteiger partial charge in [-0.1, -0.05) is 6.42 Å². The molecule has 1 aliphatic rings. The standard InChI is InChI=1S/C12H23NO4S/c1-4-17-12(14)9-13(2)10-6-5-7-11(8-10)18(3,15)16/h10-11H,4-9H2,1-3H3. The lowest BCUT2D eigenvalue weighted by Crippen LogP contribution is -2.42. The summed E-state index contributed by atoms with van der Waals surface area (Å²) in [4.78, 5) is 13.3. The van der Waals surface area contributed by atoms with E-state index in [9.17, 15) is 13.2 Å². The molecule has 0 saturated heterocycles. The Bertz CT molecular complexity index is 380. The number of rotatable bonds is 5. The highest BCUT2D eigenvalue weighted by atomic mass is 32.2. The van der Waals surface area contributed by atoms with Crippen LogP contribution in [0.3, 0.4) is 0 Å². The van der Waals surface area contributed by atoms with Crippen molar-refractivity contribution in [3.8, 4) is 0 Å². The quantitative estimate of drug-likeness (QED) is 0.697. The molecular formula is C12H23NO4S. The number of ether oxygens (including phenoxy) is 1. The van der Waals surface area contributed by atoms with Gasteiger partial charge in [0.2, 0.25) is 0 Å². The SMILES string of the molecule is CCOC(=O)CN(C)C1CCCC(S(C)(=O)=O)C1. The lowest BCUT2D eigenvalue weighted by molar-refractivity contribution is -0.144. The molecule has 106 valence electrons. The predicted molar refractivity (Wildman–Crippen MR) is 70.2 cm³/mol. The summed E-state index contributed by atoms with van der Waals surface area (Å²) in [7, 11) is -1.12. The summed E-state index contributed by atoms with van der Waals surface area (Å²) in [6.45, 7) is 2.39. The normalized spacial score (nSPS) is 25.1. The smallest absolute Gasteiger partial charge is 0.320 e. The molecule has 2 unspecified atom stereocenters. The Hall–Kier alpha value is -0.620. The molecule has 1 fully saturated rings. The Balaban J connectivity index is 2.53. The summed E-state index contributed by atoms with van der Waals surface area (Å²) in [6.07, 6.45) is 4.50. The molecule has 0 amide bonds. The van der Waals surface area contributed by atoms with Crippen LogP contribution >= 0.6 is 0 Å². The third-order valence-electron chi connectivity index (χ3n) is 3.51. The van der Waals surface area contributed by atoms with E-state index in [-0.39, 0.29) is 23.8 Å². The second-order valence-electron chi connectivity index (χ2n) is 4.99. The van der Waals surface area contributed by atoms with Gasteiger partial charge in [-0.3, -0.25) is 9.69 Å². The molecular weight excluding hydrogens is 254 g/mol. The van der Waals surface area contributed by atoms with Gasteiger partial charge in [0.25, 0.3) is 0 Å². The monoisotopic (exact) mass is 277 g/mol. The fourth-order valence-corrected chi connectivity index (χ4v) is 3.62. The maximum atomic E-state index is 11.6. The molecule has 0 spiro atoms. The van der Waals surface area contributed by atoms with Crippen LogP contribution in [-0.4, -0.2) is 57.0 Å². The summed E-state index contributed by atoms with van der Waals surface area (Å²) >= 11 is 0. The lowest BCUT2D eigenvalue weighted by Gasteiger charge is -2.34. The van der Waals surface area contributed by atoms with Crippen molar-refractivity contribution in [3.05, 3.63) is 0 Å². The van der Waals surface area contributed by atoms with E-state index >= 15 is 0 Å². The largest absolute Gasteiger partial charge is 0.465 e. The van der Waals surface area contributed by atoms with Crippen LogP contribution in [0.15, 0.2) is 0 Å². The van der Waals surface area contributed by atoms with Crippen LogP contribution in [0, 0.1) is 0 Å². The van der Waals surface area contributed by atoms with Crippen molar-refractivity contribution >= 4 is 15.8 Å². The molecule has 0 aromatic heterocycles. The summed E-state index contributed by atoms with van der Waals surface area (Å²) < 4.78 is 28.0. The zero-order valence-electron chi connectivity index (χ0n) is 11.4. The number of esters is 1. The van der Waals surface area contributed by atoms with E-state index in [1.54, 1.807) is 6.92 Å². The van der Waals surface area contributed by atoms with Crippen LogP contribution in [0.1, 0.15) is 32.6 Å². The average Bonchev–Trinajstić information content (AvgIpc) is 2.28. The number of sulfone groups is 1. The minimum atomic E-state index is -2.97. The zero-order valence-corrected chi connectivity index (χ0v) is 12.2. The number of nitrogens with zero attached hydrogens (tertiary/aromatic N) is 1. The summed E-state index contributed by atoms with van der Waals surface area (Å²) in [6, 6.07) is 0.155. The van der Waals surface area contributed by atoms with Crippen LogP contribution in [-0.2, 0) is 19.4 Å². The summed E-state index contributed by atoms with van der Waals surface area (Å²) in [5.41, 5.74) is 0. The zero-order chi connectivity index (χ0) is 13.8. The molecule has 0 aliphatic heterocycles. The fourth-order valence-electron chi connectivity index (χ4n) is 2.45. The first kappa shape index (κ1) is 15.4. The van der Waals surface area contributed by atoms with E-state index in [1.165, 1.54) is 6.26 Å². The van der Waals surface area contributed by atoms with Crippen molar-refractivity contribution < 1.29 is 17.9 Å². The van der Waals surface area contributed by atoms with Gasteiger partial charge in [0.1, 0.15) is 9.84 Å². The van der Waals surface area contributed by atoms with Gasteiger partial charge in [0, 0.05) is 12.3 Å². The highest BCUT2D eigenvalue weighted by Crippen LogP contribution is 2.26. The molecule has 6 heteroatoms. The van der Waals surface area contributed by atoms with Crippen LogP contribution < -0.4 is 0 Å². The molecule has 0 radical (unpaired) electrons. The van der Waals surface area contributed by atoms with E-state index in [1.807, 2.05) is 11.9 Å². The minimum Gasteiger partial charge on any atom is -0.465 e. The lowest BCUT2D eigenvalue weighted by atomic mass is 9.94. The van der Waals surface area contributed by atoms with Crippen LogP contribution in [0.25, 0.3) is 0 Å². The fraction of sp³-hybridized carbons (Fsp3) is 0.917. The van der Waals surface area contributed by atoms with Gasteiger partial charge in [0.05, 0.1) is 18.4 Å². The highest BCUT2D eigenvalue weighted by Gasteiger charge is 2.31. The first-order chi connectivity index (χ1) is 8.34. The first-order valence-corrected chi connectivity index (χ1v) is 8.34. The van der Waals surface area contributed by atoms with Gasteiger partial charge in [-0.25, -0.2) is 8.42 Å². The number of carbonyl (C=O) groups excluding carboxylic acids is 1. The Morgan fingerprint density at radius 1 is 1.39 bits per heavy atom. The molecule has 1 rings (SSSR count). The maximum Gasteiger partial charge on any atom is 0.320 e. The second kappa shape index (κ2) is 6.52. The molecule has 5 nitrogen and oxygen atoms in total. The van der Waals surface area contributed by atoms with Gasteiger partial charge < -0.3 is 4.74 Å². The average molecular weight is 277 g/mol. The van der Waals surface area contributed by atoms with Gasteiger partial charge in [0.15, 0.2) is 0 Å². The van der Waals surface area contributed by atoms with Gasteiger partial charge in [-0.2, -0.15) is 0 Å². The second-order valence-corrected chi connectivity index (χ2v) is 7.32. The van der Waals surface area contributed by atoms with Gasteiger partial charge in [-0.15, -0.1) is 0 Å². The van der Waals surface area contributed by atoms with Gasteiger partial charge >= 0.3 is 5.97 Å². The van der Waals surface area contributed by atoms with Crippen molar-refractivity contribution in [3.63, 3.8) is 0 Å². The van der Waals surface area contributed by atoms with E-state index in [2.05, 4.69) is 0 Å². The summed E-state index contributed by atoms with van der Waals surface area (Å²) in [5, 5.41) is -0.263. The Labute approximate surface area is 109 Å². The van der Waals surface area contributed by atoms with Crippen molar-refractivity contribution in [1.82, 2.24) is 4.90 Å². The van der Waals surface area contributed by atoms with E-state index in [4.69, 9.17) is 4.74 Å². The molecule has 1 aliphatic carbocycles. The first-order valence-electron chi connectivity index (χ1n) is 6.39. The minimum absolute atomic E-state index is 0.155. The van der Waals surface area contributed by atoms with Crippen LogP contribution in [0.4, 0.5) is 0 Å². The van der Waals surface area contributed by atoms with Crippen molar-refractivity contribution in [1.29, 1.82) is 0 Å². The topological polar surface area (TPSA) is 63.7 Å². The van der Waals surface area contributed by atoms with Crippen molar-refractivity contribution in [2.24, 2.45) is 0 Å². The van der Waals surface area contributed by atoms with Crippen LogP contribution in [0.5, 0.6) is 0 Å². The molecule has 0 heterocycles. The van der Waals surface area contributed by atoms with E-state index in [0.29, 0.717) is 13.0 Å². The molecule has 0 aromatic carbocycles. The maximum absolute atomic E-state index is 11.6. The van der Waals surface area contributed by atoms with Crippen LogP contribution in [0.2, 0.25) is 0 Å². The predicted octanol–water partition coefficient (Wildman–Crippen LogP) is 0.837. The number of hydrogen-bond acceptors (Lipinski definition) is 5. The highest BCUT2D eigenvalue weighted by molar-refractivity contribution is 7.91. The molecule has 1 saturated carbocycles. The van der Waals surface area contributed by atoms with Crippen molar-refractivity contribution in [2.75, 3.05) is 26.5 Å². The Morgan fingerprint density at radius 2 is 2.06 bits per heavy atom. The molecule has 2 atom stereocenters. The number of hydrogen-bond donors (Lipinski definition) is 0. The third kappa shape index (κ3) is 4.57. The Kier molecular flexibility index (Phi) is 5.59. The molecule has 0 bridgehead atoms. The summed E-state index contributed by atoms with van der Waals surface area (Å²) in [5.74, 6) is -0.249.